The van der Waals surface area contributed by atoms with Crippen LogP contribution in [0.25, 0.3) is 0 Å². The first kappa shape index (κ1) is 13.6. The van der Waals surface area contributed by atoms with Crippen LogP contribution in [0.15, 0.2) is 18.2 Å². The summed E-state index contributed by atoms with van der Waals surface area (Å²) in [5.74, 6) is 5.31. The number of hydrazine groups is 1. The molecule has 4 N–H and O–H groups in total. The Balaban J connectivity index is 2.21. The summed E-state index contributed by atoms with van der Waals surface area (Å²) in [4.78, 5) is 10.7. The molecule has 0 amide bonds. The van der Waals surface area contributed by atoms with E-state index in [1.807, 2.05) is 6.92 Å². The van der Waals surface area contributed by atoms with Crippen molar-refractivity contribution in [3.8, 4) is 0 Å². The first-order valence-electron chi connectivity index (χ1n) is 6.24. The molecule has 1 aliphatic heterocycles. The van der Waals surface area contributed by atoms with E-state index in [2.05, 4.69) is 10.7 Å². The summed E-state index contributed by atoms with van der Waals surface area (Å²) in [5.41, 5.74) is 3.12. The number of ether oxygens (including phenoxy) is 1. The van der Waals surface area contributed by atoms with E-state index in [1.54, 1.807) is 18.2 Å². The lowest BCUT2D eigenvalue weighted by atomic mass is 10.0. The zero-order valence-electron chi connectivity index (χ0n) is 10.8. The van der Waals surface area contributed by atoms with Crippen molar-refractivity contribution in [2.45, 2.75) is 31.9 Å². The van der Waals surface area contributed by atoms with E-state index in [1.165, 1.54) is 0 Å². The van der Waals surface area contributed by atoms with E-state index in [-0.39, 0.29) is 17.8 Å². The van der Waals surface area contributed by atoms with Gasteiger partial charge in [-0.25, -0.2) is 0 Å². The summed E-state index contributed by atoms with van der Waals surface area (Å²) in [6, 6.07) is 5.18. The number of hydrogen-bond acceptors (Lipinski definition) is 6. The average Bonchev–Trinajstić information content (AvgIpc) is 2.38. The predicted molar refractivity (Wildman–Crippen MR) is 73.0 cm³/mol. The van der Waals surface area contributed by atoms with Crippen LogP contribution in [0, 0.1) is 10.1 Å². The van der Waals surface area contributed by atoms with Gasteiger partial charge in [0.25, 0.3) is 0 Å². The minimum atomic E-state index is -0.430. The molecular formula is C12H18N4O3. The van der Waals surface area contributed by atoms with Crippen molar-refractivity contribution in [3.05, 3.63) is 28.3 Å². The number of anilines is 2. The molecule has 0 bridgehead atoms. The maximum absolute atomic E-state index is 11.2. The molecule has 1 heterocycles. The van der Waals surface area contributed by atoms with Crippen LogP contribution in [0.4, 0.5) is 17.1 Å². The Morgan fingerprint density at radius 2 is 2.21 bits per heavy atom. The van der Waals surface area contributed by atoms with Gasteiger partial charge in [0.1, 0.15) is 11.4 Å². The Bertz CT molecular complexity index is 466. The molecule has 0 spiro atoms. The minimum absolute atomic E-state index is 0.0239. The van der Waals surface area contributed by atoms with Gasteiger partial charge in [-0.15, -0.1) is 0 Å². The Kier molecular flexibility index (Phi) is 4.18. The number of nitrogens with two attached hydrogens (primary N) is 1. The summed E-state index contributed by atoms with van der Waals surface area (Å²) in [6.07, 6.45) is 1.83. The standard InChI is InChI=1S/C12H18N4O3/c1-8-7-9(5-6-19-8)14-10-3-2-4-11(15-13)12(10)16(17)18/h2-4,8-9,14-15H,5-7,13H2,1H3. The number of hydrogen-bond donors (Lipinski definition) is 3. The van der Waals surface area contributed by atoms with Crippen molar-refractivity contribution in [1.29, 1.82) is 0 Å². The summed E-state index contributed by atoms with van der Waals surface area (Å²) in [7, 11) is 0. The summed E-state index contributed by atoms with van der Waals surface area (Å²) >= 11 is 0. The second-order valence-electron chi connectivity index (χ2n) is 4.65. The lowest BCUT2D eigenvalue weighted by molar-refractivity contribution is -0.383. The van der Waals surface area contributed by atoms with Gasteiger partial charge in [0.15, 0.2) is 0 Å². The van der Waals surface area contributed by atoms with Crippen LogP contribution in [0.1, 0.15) is 19.8 Å². The van der Waals surface area contributed by atoms with E-state index in [0.717, 1.165) is 12.8 Å². The molecule has 1 saturated heterocycles. The second kappa shape index (κ2) is 5.85. The van der Waals surface area contributed by atoms with Gasteiger partial charge in [0, 0.05) is 12.6 Å². The maximum atomic E-state index is 11.2. The zero-order valence-corrected chi connectivity index (χ0v) is 10.8. The Morgan fingerprint density at radius 3 is 2.84 bits per heavy atom. The minimum Gasteiger partial charge on any atom is -0.378 e. The monoisotopic (exact) mass is 266 g/mol. The van der Waals surface area contributed by atoms with Crippen molar-refractivity contribution >= 4 is 17.1 Å². The number of nitro groups is 1. The highest BCUT2D eigenvalue weighted by atomic mass is 16.6. The highest BCUT2D eigenvalue weighted by molar-refractivity contribution is 5.76. The van der Waals surface area contributed by atoms with Crippen molar-refractivity contribution < 1.29 is 9.66 Å². The molecule has 1 aliphatic rings. The quantitative estimate of drug-likeness (QED) is 0.436. The largest absolute Gasteiger partial charge is 0.378 e. The van der Waals surface area contributed by atoms with Gasteiger partial charge in [-0.05, 0) is 31.9 Å². The number of nitro benzene ring substituents is 1. The van der Waals surface area contributed by atoms with Gasteiger partial charge in [-0.1, -0.05) is 6.07 Å². The molecular weight excluding hydrogens is 248 g/mol. The molecule has 7 heteroatoms. The first-order chi connectivity index (χ1) is 9.11. The van der Waals surface area contributed by atoms with Gasteiger partial charge in [0.2, 0.25) is 0 Å². The Hall–Kier alpha value is -1.86. The SMILES string of the molecule is CC1CC(Nc2cccc(NN)c2[N+](=O)[O-])CCO1. The molecule has 2 atom stereocenters. The predicted octanol–water partition coefficient (Wildman–Crippen LogP) is 1.86. The molecule has 2 rings (SSSR count). The molecule has 19 heavy (non-hydrogen) atoms. The zero-order chi connectivity index (χ0) is 13.8. The number of nitrogens with zero attached hydrogens (tertiary/aromatic N) is 1. The third-order valence-corrected chi connectivity index (χ3v) is 3.22. The first-order valence-corrected chi connectivity index (χ1v) is 6.24. The van der Waals surface area contributed by atoms with E-state index in [0.29, 0.717) is 18.0 Å². The van der Waals surface area contributed by atoms with Crippen molar-refractivity contribution in [1.82, 2.24) is 0 Å². The summed E-state index contributed by atoms with van der Waals surface area (Å²) < 4.78 is 5.46. The van der Waals surface area contributed by atoms with E-state index >= 15 is 0 Å². The summed E-state index contributed by atoms with van der Waals surface area (Å²) in [6.45, 7) is 2.67. The van der Waals surface area contributed by atoms with Crippen LogP contribution in [0.3, 0.4) is 0 Å². The molecule has 1 aromatic rings. The van der Waals surface area contributed by atoms with Crippen LogP contribution in [-0.2, 0) is 4.74 Å². The Morgan fingerprint density at radius 1 is 1.47 bits per heavy atom. The molecule has 0 aliphatic carbocycles. The molecule has 7 nitrogen and oxygen atoms in total. The fourth-order valence-electron chi connectivity index (χ4n) is 2.32. The fourth-order valence-corrected chi connectivity index (χ4v) is 2.32. The lowest BCUT2D eigenvalue weighted by Gasteiger charge is -2.28. The van der Waals surface area contributed by atoms with Gasteiger partial charge in [-0.2, -0.15) is 0 Å². The number of nitrogen functional groups attached to an aromatic ring is 1. The Labute approximate surface area is 111 Å². The highest BCUT2D eigenvalue weighted by Crippen LogP contribution is 2.33. The van der Waals surface area contributed by atoms with Gasteiger partial charge < -0.3 is 15.5 Å². The number of nitrogens with one attached hydrogen (secondary N) is 2. The summed E-state index contributed by atoms with van der Waals surface area (Å²) in [5, 5.41) is 14.4. The van der Waals surface area contributed by atoms with Gasteiger partial charge in [-0.3, -0.25) is 16.0 Å². The number of para-hydroxylation sites is 1. The van der Waals surface area contributed by atoms with Crippen LogP contribution in [0.2, 0.25) is 0 Å². The molecule has 1 aromatic carbocycles. The highest BCUT2D eigenvalue weighted by Gasteiger charge is 2.24. The average molecular weight is 266 g/mol. The fraction of sp³-hybridized carbons (Fsp3) is 0.500. The van der Waals surface area contributed by atoms with Crippen LogP contribution in [0.5, 0.6) is 0 Å². The molecule has 1 fully saturated rings. The van der Waals surface area contributed by atoms with Crippen LogP contribution in [-0.4, -0.2) is 23.7 Å². The van der Waals surface area contributed by atoms with E-state index in [9.17, 15) is 10.1 Å². The topological polar surface area (TPSA) is 102 Å². The second-order valence-corrected chi connectivity index (χ2v) is 4.65. The molecule has 2 unspecified atom stereocenters. The van der Waals surface area contributed by atoms with Gasteiger partial charge >= 0.3 is 5.69 Å². The maximum Gasteiger partial charge on any atom is 0.316 e. The third kappa shape index (κ3) is 3.12. The molecule has 104 valence electrons. The third-order valence-electron chi connectivity index (χ3n) is 3.22. The molecule has 0 saturated carbocycles. The van der Waals surface area contributed by atoms with Crippen molar-refractivity contribution in [2.24, 2.45) is 5.84 Å². The van der Waals surface area contributed by atoms with E-state index in [4.69, 9.17) is 10.6 Å². The van der Waals surface area contributed by atoms with Crippen LogP contribution < -0.4 is 16.6 Å². The molecule has 0 aromatic heterocycles. The van der Waals surface area contributed by atoms with Crippen molar-refractivity contribution in [2.75, 3.05) is 17.3 Å². The van der Waals surface area contributed by atoms with Crippen molar-refractivity contribution in [3.63, 3.8) is 0 Å². The van der Waals surface area contributed by atoms with Crippen LogP contribution >= 0.6 is 0 Å². The smallest absolute Gasteiger partial charge is 0.316 e. The lowest BCUT2D eigenvalue weighted by Crippen LogP contribution is -2.32. The number of rotatable bonds is 4. The van der Waals surface area contributed by atoms with E-state index < -0.39 is 4.92 Å². The normalized spacial score (nSPS) is 22.8. The van der Waals surface area contributed by atoms with Gasteiger partial charge in [0.05, 0.1) is 11.0 Å². The molecule has 0 radical (unpaired) electrons. The number of benzene rings is 1.